The van der Waals surface area contributed by atoms with Crippen LogP contribution >= 0.6 is 15.9 Å². The summed E-state index contributed by atoms with van der Waals surface area (Å²) in [5, 5.41) is 4.53. The lowest BCUT2D eigenvalue weighted by Crippen LogP contribution is -2.36. The highest BCUT2D eigenvalue weighted by atomic mass is 79.9. The van der Waals surface area contributed by atoms with Gasteiger partial charge in [-0.1, -0.05) is 36.7 Å². The Kier molecular flexibility index (Phi) is 4.08. The van der Waals surface area contributed by atoms with Crippen molar-refractivity contribution in [3.05, 3.63) is 45.7 Å². The maximum Gasteiger partial charge on any atom is 0.276 e. The zero-order chi connectivity index (χ0) is 16.8. The Bertz CT molecular complexity index is 758. The predicted molar refractivity (Wildman–Crippen MR) is 96.0 cm³/mol. The Morgan fingerprint density at radius 3 is 2.65 bits per heavy atom. The lowest BCUT2D eigenvalue weighted by atomic mass is 9.92. The predicted octanol–water partition coefficient (Wildman–Crippen LogP) is 4.07. The molecule has 4 nitrogen and oxygen atoms in total. The van der Waals surface area contributed by atoms with Crippen LogP contribution in [0, 0.1) is 0 Å². The number of carbonyl (C=O) groups excluding carboxylic acids is 1. The molecule has 5 heteroatoms. The molecule has 1 aromatic heterocycles. The molecule has 122 valence electrons. The van der Waals surface area contributed by atoms with Crippen LogP contribution in [0.2, 0.25) is 0 Å². The van der Waals surface area contributed by atoms with Crippen LogP contribution in [-0.4, -0.2) is 22.2 Å². The van der Waals surface area contributed by atoms with Gasteiger partial charge in [0.25, 0.3) is 5.91 Å². The van der Waals surface area contributed by atoms with Crippen molar-refractivity contribution in [2.45, 2.75) is 39.0 Å². The molecule has 0 fully saturated rings. The van der Waals surface area contributed by atoms with Crippen molar-refractivity contribution in [1.29, 1.82) is 0 Å². The minimum Gasteiger partial charge on any atom is -0.307 e. The van der Waals surface area contributed by atoms with Gasteiger partial charge in [-0.15, -0.1) is 0 Å². The van der Waals surface area contributed by atoms with Crippen LogP contribution < -0.4 is 4.90 Å². The molecule has 1 aromatic carbocycles. The quantitative estimate of drug-likeness (QED) is 0.753. The average molecular weight is 376 g/mol. The highest BCUT2D eigenvalue weighted by molar-refractivity contribution is 9.10. The molecular weight excluding hydrogens is 354 g/mol. The number of fused-ring (bicyclic) bond motifs is 1. The van der Waals surface area contributed by atoms with Crippen molar-refractivity contribution < 1.29 is 4.79 Å². The van der Waals surface area contributed by atoms with Gasteiger partial charge >= 0.3 is 0 Å². The molecule has 0 aliphatic carbocycles. The third-order valence-corrected chi connectivity index (χ3v) is 4.77. The molecule has 0 radical (unpaired) electrons. The Morgan fingerprint density at radius 2 is 2.00 bits per heavy atom. The van der Waals surface area contributed by atoms with Crippen LogP contribution in [0.25, 0.3) is 0 Å². The van der Waals surface area contributed by atoms with E-state index in [-0.39, 0.29) is 11.3 Å². The van der Waals surface area contributed by atoms with Gasteiger partial charge in [-0.2, -0.15) is 5.10 Å². The molecule has 3 rings (SSSR count). The first kappa shape index (κ1) is 16.2. The summed E-state index contributed by atoms with van der Waals surface area (Å²) in [5.74, 6) is 0.0266. The molecule has 0 saturated heterocycles. The number of hydrogen-bond acceptors (Lipinski definition) is 2. The fourth-order valence-electron chi connectivity index (χ4n) is 2.95. The second-order valence-corrected chi connectivity index (χ2v) is 8.04. The van der Waals surface area contributed by atoms with Gasteiger partial charge in [-0.3, -0.25) is 9.48 Å². The maximum atomic E-state index is 13.1. The highest BCUT2D eigenvalue weighted by Crippen LogP contribution is 2.31. The van der Waals surface area contributed by atoms with E-state index >= 15 is 0 Å². The maximum absolute atomic E-state index is 13.1. The molecule has 23 heavy (non-hydrogen) atoms. The Hall–Kier alpha value is -1.62. The van der Waals surface area contributed by atoms with E-state index in [9.17, 15) is 4.79 Å². The first-order valence-electron chi connectivity index (χ1n) is 7.92. The van der Waals surface area contributed by atoms with Gasteiger partial charge in [0, 0.05) is 29.2 Å². The van der Waals surface area contributed by atoms with Crippen molar-refractivity contribution >= 4 is 27.5 Å². The van der Waals surface area contributed by atoms with Gasteiger partial charge in [0.15, 0.2) is 0 Å². The fourth-order valence-corrected chi connectivity index (χ4v) is 3.36. The minimum absolute atomic E-state index is 0.0266. The van der Waals surface area contributed by atoms with E-state index in [0.29, 0.717) is 5.69 Å². The molecule has 1 aliphatic rings. The molecule has 0 N–H and O–H groups in total. The SMILES string of the molecule is Cn1nc(C(C)(C)C)cc1C(=O)N1CCCc2cc(Br)ccc21. The van der Waals surface area contributed by atoms with Crippen molar-refractivity contribution in [3.63, 3.8) is 0 Å². The summed E-state index contributed by atoms with van der Waals surface area (Å²) in [4.78, 5) is 14.9. The number of carbonyl (C=O) groups is 1. The van der Waals surface area contributed by atoms with Crippen LogP contribution in [0.3, 0.4) is 0 Å². The molecule has 0 atom stereocenters. The van der Waals surface area contributed by atoms with E-state index in [0.717, 1.165) is 35.2 Å². The normalized spacial score (nSPS) is 14.7. The number of hydrogen-bond donors (Lipinski definition) is 0. The van der Waals surface area contributed by atoms with Crippen LogP contribution in [-0.2, 0) is 18.9 Å². The molecule has 1 aliphatic heterocycles. The lowest BCUT2D eigenvalue weighted by Gasteiger charge is -2.29. The second kappa shape index (κ2) is 5.78. The molecule has 0 spiro atoms. The number of amides is 1. The topological polar surface area (TPSA) is 38.1 Å². The molecule has 0 saturated carbocycles. The summed E-state index contributed by atoms with van der Waals surface area (Å²) in [6.45, 7) is 7.08. The lowest BCUT2D eigenvalue weighted by molar-refractivity contribution is 0.0976. The molecule has 2 aromatic rings. The highest BCUT2D eigenvalue weighted by Gasteiger charge is 2.28. The number of halogens is 1. The number of nitrogens with zero attached hydrogens (tertiary/aromatic N) is 3. The Labute approximate surface area is 145 Å². The van der Waals surface area contributed by atoms with Gasteiger partial charge < -0.3 is 4.90 Å². The van der Waals surface area contributed by atoms with E-state index in [1.807, 2.05) is 30.1 Å². The van der Waals surface area contributed by atoms with Crippen LogP contribution in [0.4, 0.5) is 5.69 Å². The monoisotopic (exact) mass is 375 g/mol. The standard InChI is InChI=1S/C18H22BrN3O/c1-18(2,3)16-11-15(21(4)20-16)17(23)22-9-5-6-12-10-13(19)7-8-14(12)22/h7-8,10-11H,5-6,9H2,1-4H3. The molecular formula is C18H22BrN3O. The van der Waals surface area contributed by atoms with E-state index in [4.69, 9.17) is 0 Å². The van der Waals surface area contributed by atoms with Crippen molar-refractivity contribution in [1.82, 2.24) is 9.78 Å². The van der Waals surface area contributed by atoms with E-state index < -0.39 is 0 Å². The zero-order valence-corrected chi connectivity index (χ0v) is 15.6. The number of aryl methyl sites for hydroxylation is 2. The fraction of sp³-hybridized carbons (Fsp3) is 0.444. The zero-order valence-electron chi connectivity index (χ0n) is 14.1. The van der Waals surface area contributed by atoms with Crippen LogP contribution in [0.1, 0.15) is 48.9 Å². The van der Waals surface area contributed by atoms with Crippen LogP contribution in [0.15, 0.2) is 28.7 Å². The van der Waals surface area contributed by atoms with Crippen LogP contribution in [0.5, 0.6) is 0 Å². The minimum atomic E-state index is -0.0685. The molecule has 0 bridgehead atoms. The van der Waals surface area contributed by atoms with Gasteiger partial charge in [0.05, 0.1) is 5.69 Å². The Morgan fingerprint density at radius 1 is 1.26 bits per heavy atom. The first-order chi connectivity index (χ1) is 10.8. The van der Waals surface area contributed by atoms with Gasteiger partial charge in [0.2, 0.25) is 0 Å². The summed E-state index contributed by atoms with van der Waals surface area (Å²) < 4.78 is 2.76. The summed E-state index contributed by atoms with van der Waals surface area (Å²) in [5.41, 5.74) is 3.75. The van der Waals surface area contributed by atoms with Crippen molar-refractivity contribution in [2.24, 2.45) is 7.05 Å². The van der Waals surface area contributed by atoms with Gasteiger partial charge in [0.1, 0.15) is 5.69 Å². The summed E-state index contributed by atoms with van der Waals surface area (Å²) in [7, 11) is 1.84. The first-order valence-corrected chi connectivity index (χ1v) is 8.71. The number of aromatic nitrogens is 2. The number of anilines is 1. The van der Waals surface area contributed by atoms with E-state index in [1.54, 1.807) is 4.68 Å². The van der Waals surface area contributed by atoms with Crippen molar-refractivity contribution in [2.75, 3.05) is 11.4 Å². The second-order valence-electron chi connectivity index (χ2n) is 7.12. The number of benzene rings is 1. The van der Waals surface area contributed by atoms with Crippen molar-refractivity contribution in [3.8, 4) is 0 Å². The molecule has 2 heterocycles. The largest absolute Gasteiger partial charge is 0.307 e. The smallest absolute Gasteiger partial charge is 0.276 e. The molecule has 0 unspecified atom stereocenters. The summed E-state index contributed by atoms with van der Waals surface area (Å²) in [6.07, 6.45) is 2.00. The third-order valence-electron chi connectivity index (χ3n) is 4.27. The van der Waals surface area contributed by atoms with E-state index in [2.05, 4.69) is 47.9 Å². The average Bonchev–Trinajstić information content (AvgIpc) is 2.87. The molecule has 1 amide bonds. The van der Waals surface area contributed by atoms with E-state index in [1.165, 1.54) is 5.56 Å². The number of rotatable bonds is 1. The van der Waals surface area contributed by atoms with Gasteiger partial charge in [-0.05, 0) is 42.7 Å². The Balaban J connectivity index is 1.98. The van der Waals surface area contributed by atoms with Gasteiger partial charge in [-0.25, -0.2) is 0 Å². The summed E-state index contributed by atoms with van der Waals surface area (Å²) in [6, 6.07) is 8.06. The third kappa shape index (κ3) is 3.07. The summed E-state index contributed by atoms with van der Waals surface area (Å²) >= 11 is 3.51.